The fraction of sp³-hybridized carbons (Fsp3) is 0.222. The second kappa shape index (κ2) is 5.30. The predicted molar refractivity (Wildman–Crippen MR) is 87.8 cm³/mol. The smallest absolute Gasteiger partial charge is 0.329 e. The van der Waals surface area contributed by atoms with E-state index in [0.29, 0.717) is 11.5 Å². The number of benzene rings is 2. The van der Waals surface area contributed by atoms with Crippen LogP contribution >= 0.6 is 0 Å². The van der Waals surface area contributed by atoms with Crippen LogP contribution in [0.15, 0.2) is 59.6 Å². The van der Waals surface area contributed by atoms with E-state index in [9.17, 15) is 5.21 Å². The first-order valence-electron chi connectivity index (χ1n) is 7.17. The summed E-state index contributed by atoms with van der Waals surface area (Å²) in [5.74, 6) is 1.19. The van der Waals surface area contributed by atoms with Crippen LogP contribution in [0.5, 0.6) is 5.75 Å². The number of nitrogens with zero attached hydrogens (tertiary/aromatic N) is 2. The van der Waals surface area contributed by atoms with Crippen molar-refractivity contribution in [1.82, 2.24) is 0 Å². The maximum absolute atomic E-state index is 12.8. The minimum atomic E-state index is -0.557. The van der Waals surface area contributed by atoms with Crippen LogP contribution in [0.4, 0.5) is 0 Å². The number of hydrogen-bond acceptors (Lipinski definition) is 3. The van der Waals surface area contributed by atoms with Crippen molar-refractivity contribution in [3.63, 3.8) is 0 Å². The number of amidine groups is 1. The Morgan fingerprint density at radius 1 is 0.955 bits per heavy atom. The third kappa shape index (κ3) is 2.37. The Kier molecular flexibility index (Phi) is 3.45. The molecule has 0 saturated heterocycles. The molecule has 2 aromatic rings. The molecule has 0 spiro atoms. The molecule has 4 nitrogen and oxygen atoms in total. The van der Waals surface area contributed by atoms with Crippen LogP contribution in [0.3, 0.4) is 0 Å². The van der Waals surface area contributed by atoms with Gasteiger partial charge in [-0.2, -0.15) is 0 Å². The molecular formula is C18H18N2O2. The Bertz CT molecular complexity index is 744. The quantitative estimate of drug-likeness (QED) is 0.644. The van der Waals surface area contributed by atoms with Crippen molar-refractivity contribution in [2.45, 2.75) is 19.4 Å². The van der Waals surface area contributed by atoms with E-state index in [0.717, 1.165) is 21.6 Å². The molecule has 4 heteroatoms. The van der Waals surface area contributed by atoms with Crippen LogP contribution in [0, 0.1) is 5.21 Å². The zero-order chi connectivity index (χ0) is 15.7. The summed E-state index contributed by atoms with van der Waals surface area (Å²) < 4.78 is 6.09. The molecule has 1 aliphatic heterocycles. The van der Waals surface area contributed by atoms with E-state index < -0.39 is 5.54 Å². The van der Waals surface area contributed by atoms with Gasteiger partial charge in [0, 0.05) is 5.56 Å². The molecule has 0 bridgehead atoms. The molecule has 0 aromatic heterocycles. The highest BCUT2D eigenvalue weighted by molar-refractivity contribution is 6.12. The average molecular weight is 294 g/mol. The zero-order valence-electron chi connectivity index (χ0n) is 12.9. The normalized spacial score (nSPS) is 16.6. The second-order valence-electron chi connectivity index (χ2n) is 5.73. The maximum atomic E-state index is 12.8. The van der Waals surface area contributed by atoms with Gasteiger partial charge < -0.3 is 9.94 Å². The Morgan fingerprint density at radius 3 is 2.18 bits per heavy atom. The molecule has 0 saturated carbocycles. The van der Waals surface area contributed by atoms with Gasteiger partial charge >= 0.3 is 5.84 Å². The lowest BCUT2D eigenvalue weighted by atomic mass is 9.93. The van der Waals surface area contributed by atoms with Crippen LogP contribution in [0.2, 0.25) is 0 Å². The first-order valence-corrected chi connectivity index (χ1v) is 7.17. The lowest BCUT2D eigenvalue weighted by molar-refractivity contribution is -0.320. The predicted octanol–water partition coefficient (Wildman–Crippen LogP) is 3.23. The van der Waals surface area contributed by atoms with Crippen LogP contribution in [0.25, 0.3) is 0 Å². The molecule has 0 amide bonds. The van der Waals surface area contributed by atoms with E-state index in [-0.39, 0.29) is 0 Å². The highest BCUT2D eigenvalue weighted by Gasteiger charge is 2.42. The van der Waals surface area contributed by atoms with E-state index in [1.807, 2.05) is 68.4 Å². The molecule has 0 N–H and O–H groups in total. The van der Waals surface area contributed by atoms with Crippen molar-refractivity contribution in [3.8, 4) is 5.75 Å². The summed E-state index contributed by atoms with van der Waals surface area (Å²) in [6, 6.07) is 17.0. The molecule has 0 unspecified atom stereocenters. The van der Waals surface area contributed by atoms with Gasteiger partial charge in [-0.15, -0.1) is 0 Å². The molecule has 22 heavy (non-hydrogen) atoms. The lowest BCUT2D eigenvalue weighted by Crippen LogP contribution is -2.31. The van der Waals surface area contributed by atoms with Crippen molar-refractivity contribution in [1.29, 1.82) is 0 Å². The molecule has 0 aliphatic carbocycles. The minimum Gasteiger partial charge on any atom is -0.710 e. The number of hydroxylamine groups is 1. The SMILES string of the molecule is COc1ccc(C2=NC(C)(C)C(c3ccccc3)=[N+]2[O-])cc1. The summed E-state index contributed by atoms with van der Waals surface area (Å²) in [6.07, 6.45) is 0. The van der Waals surface area contributed by atoms with Crippen molar-refractivity contribution in [2.75, 3.05) is 7.11 Å². The number of rotatable bonds is 3. The van der Waals surface area contributed by atoms with E-state index in [1.54, 1.807) is 7.11 Å². The van der Waals surface area contributed by atoms with Crippen molar-refractivity contribution in [2.24, 2.45) is 4.99 Å². The van der Waals surface area contributed by atoms with Gasteiger partial charge in [-0.05, 0) is 38.1 Å². The standard InChI is InChI=1S/C18H18N2O2/c1-18(2)16(13-7-5-4-6-8-13)20(21)17(19-18)14-9-11-15(22-3)12-10-14/h4-12H,1-3H3. The monoisotopic (exact) mass is 294 g/mol. The molecule has 3 rings (SSSR count). The minimum absolute atomic E-state index is 0.437. The highest BCUT2D eigenvalue weighted by Crippen LogP contribution is 2.26. The van der Waals surface area contributed by atoms with Gasteiger partial charge in [-0.3, -0.25) is 0 Å². The van der Waals surface area contributed by atoms with Crippen LogP contribution in [0.1, 0.15) is 25.0 Å². The summed E-state index contributed by atoms with van der Waals surface area (Å²) in [5, 5.41) is 12.8. The fourth-order valence-corrected chi connectivity index (χ4v) is 2.71. The Labute approximate surface area is 130 Å². The van der Waals surface area contributed by atoms with E-state index in [2.05, 4.69) is 4.99 Å². The molecule has 1 heterocycles. The van der Waals surface area contributed by atoms with Crippen LogP contribution < -0.4 is 4.74 Å². The van der Waals surface area contributed by atoms with Gasteiger partial charge in [0.15, 0.2) is 5.71 Å². The molecule has 2 aromatic carbocycles. The maximum Gasteiger partial charge on any atom is 0.329 e. The molecule has 112 valence electrons. The van der Waals surface area contributed by atoms with Crippen molar-refractivity contribution >= 4 is 11.5 Å². The van der Waals surface area contributed by atoms with Crippen LogP contribution in [-0.4, -0.2) is 28.9 Å². The number of methoxy groups -OCH3 is 1. The van der Waals surface area contributed by atoms with Crippen molar-refractivity contribution < 1.29 is 9.48 Å². The molecule has 0 fully saturated rings. The number of hydrogen-bond donors (Lipinski definition) is 0. The van der Waals surface area contributed by atoms with E-state index >= 15 is 0 Å². The summed E-state index contributed by atoms with van der Waals surface area (Å²) in [6.45, 7) is 3.91. The summed E-state index contributed by atoms with van der Waals surface area (Å²) >= 11 is 0. The molecular weight excluding hydrogens is 276 g/mol. The summed E-state index contributed by atoms with van der Waals surface area (Å²) in [7, 11) is 1.62. The highest BCUT2D eigenvalue weighted by atomic mass is 16.5. The molecule has 0 radical (unpaired) electrons. The number of aliphatic imine (C=N–C) groups is 1. The van der Waals surface area contributed by atoms with Gasteiger partial charge in [-0.25, -0.2) is 4.74 Å². The van der Waals surface area contributed by atoms with Gasteiger partial charge in [0.2, 0.25) is 5.54 Å². The fourth-order valence-electron chi connectivity index (χ4n) is 2.71. The zero-order valence-corrected chi connectivity index (χ0v) is 12.9. The second-order valence-corrected chi connectivity index (χ2v) is 5.73. The van der Waals surface area contributed by atoms with Gasteiger partial charge in [0.25, 0.3) is 0 Å². The van der Waals surface area contributed by atoms with Crippen LogP contribution in [-0.2, 0) is 0 Å². The average Bonchev–Trinajstić information content (AvgIpc) is 2.78. The van der Waals surface area contributed by atoms with E-state index in [4.69, 9.17) is 4.74 Å². The largest absolute Gasteiger partial charge is 0.710 e. The first kappa shape index (κ1) is 14.3. The third-order valence-electron chi connectivity index (χ3n) is 3.76. The first-order chi connectivity index (χ1) is 10.5. The number of ether oxygens (including phenoxy) is 1. The third-order valence-corrected chi connectivity index (χ3v) is 3.76. The Hall–Kier alpha value is -2.62. The Balaban J connectivity index is 2.08. The van der Waals surface area contributed by atoms with Gasteiger partial charge in [0.05, 0.1) is 12.7 Å². The summed E-state index contributed by atoms with van der Waals surface area (Å²) in [5.41, 5.74) is 1.79. The topological polar surface area (TPSA) is 47.7 Å². The molecule has 0 atom stereocenters. The molecule has 1 aliphatic rings. The summed E-state index contributed by atoms with van der Waals surface area (Å²) in [4.78, 5) is 4.64. The Morgan fingerprint density at radius 2 is 1.59 bits per heavy atom. The van der Waals surface area contributed by atoms with Gasteiger partial charge in [0.1, 0.15) is 5.75 Å². The van der Waals surface area contributed by atoms with E-state index in [1.165, 1.54) is 0 Å². The van der Waals surface area contributed by atoms with Gasteiger partial charge in [-0.1, -0.05) is 35.3 Å². The van der Waals surface area contributed by atoms with Crippen molar-refractivity contribution in [3.05, 3.63) is 70.9 Å². The lowest BCUT2D eigenvalue weighted by Gasteiger charge is -2.14.